The van der Waals surface area contributed by atoms with Crippen LogP contribution < -0.4 is 16.0 Å². The smallest absolute Gasteiger partial charge is 0.221 e. The summed E-state index contributed by atoms with van der Waals surface area (Å²) in [4.78, 5) is 15.5. The van der Waals surface area contributed by atoms with Gasteiger partial charge in [-0.3, -0.25) is 9.79 Å². The zero-order valence-corrected chi connectivity index (χ0v) is 18.0. The molecule has 0 bridgehead atoms. The quantitative estimate of drug-likeness (QED) is 0.374. The topological polar surface area (TPSA) is 85.8 Å². The Labute approximate surface area is 181 Å². The van der Waals surface area contributed by atoms with E-state index in [1.165, 1.54) is 6.92 Å². The number of benzene rings is 2. The first kappa shape index (κ1) is 23.0. The predicted octanol–water partition coefficient (Wildman–Crippen LogP) is 3.78. The van der Waals surface area contributed by atoms with E-state index in [9.17, 15) is 9.90 Å². The lowest BCUT2D eigenvalue weighted by atomic mass is 10.1. The highest BCUT2D eigenvalue weighted by molar-refractivity contribution is 6.34. The Bertz CT molecular complexity index is 821. The molecule has 0 radical (unpaired) electrons. The third-order valence-electron chi connectivity index (χ3n) is 4.02. The summed E-state index contributed by atoms with van der Waals surface area (Å²) in [5.74, 6) is 0.530. The van der Waals surface area contributed by atoms with Crippen molar-refractivity contribution in [3.05, 3.63) is 63.6 Å². The molecule has 1 atom stereocenters. The number of nitrogens with zero attached hydrogens (tertiary/aromatic N) is 1. The van der Waals surface area contributed by atoms with Crippen LogP contribution in [0.4, 0.5) is 5.69 Å². The summed E-state index contributed by atoms with van der Waals surface area (Å²) in [6, 6.07) is 12.7. The Morgan fingerprint density at radius 2 is 1.76 bits per heavy atom. The minimum absolute atomic E-state index is 0.0897. The molecule has 1 amide bonds. The van der Waals surface area contributed by atoms with Gasteiger partial charge in [-0.2, -0.15) is 0 Å². The van der Waals surface area contributed by atoms with Crippen LogP contribution in [0.25, 0.3) is 0 Å². The van der Waals surface area contributed by atoms with Gasteiger partial charge in [0.2, 0.25) is 5.91 Å². The molecule has 0 saturated heterocycles. The molecule has 29 heavy (non-hydrogen) atoms. The number of aliphatic hydroxyl groups is 1. The van der Waals surface area contributed by atoms with E-state index in [-0.39, 0.29) is 12.5 Å². The fraction of sp³-hybridized carbons (Fsp3) is 0.333. The fourth-order valence-electron chi connectivity index (χ4n) is 2.68. The summed E-state index contributed by atoms with van der Waals surface area (Å²) in [5.41, 5.74) is 2.54. The van der Waals surface area contributed by atoms with Crippen LogP contribution >= 0.6 is 23.2 Å². The maximum absolute atomic E-state index is 11.1. The number of carbonyl (C=O) groups excluding carboxylic acids is 1. The van der Waals surface area contributed by atoms with Gasteiger partial charge in [-0.15, -0.1) is 0 Å². The van der Waals surface area contributed by atoms with E-state index in [1.807, 2.05) is 31.2 Å². The van der Waals surface area contributed by atoms with Crippen molar-refractivity contribution in [1.29, 1.82) is 0 Å². The number of aliphatic hydroxyl groups excluding tert-OH is 1. The predicted molar refractivity (Wildman–Crippen MR) is 120 cm³/mol. The number of nitrogens with one attached hydrogen (secondary N) is 3. The Hall–Kier alpha value is -2.28. The summed E-state index contributed by atoms with van der Waals surface area (Å²) >= 11 is 12.0. The highest BCUT2D eigenvalue weighted by atomic mass is 35.5. The molecule has 0 aliphatic rings. The first-order valence-electron chi connectivity index (χ1n) is 9.40. The van der Waals surface area contributed by atoms with Crippen molar-refractivity contribution in [1.82, 2.24) is 10.6 Å². The molecular formula is C21H26Cl2N4O2. The van der Waals surface area contributed by atoms with Gasteiger partial charge in [0.15, 0.2) is 5.96 Å². The number of rotatable bonds is 8. The van der Waals surface area contributed by atoms with Crippen LogP contribution in [0.15, 0.2) is 47.5 Å². The van der Waals surface area contributed by atoms with Crippen LogP contribution in [-0.4, -0.2) is 36.6 Å². The molecule has 6 nitrogen and oxygen atoms in total. The average molecular weight is 437 g/mol. The largest absolute Gasteiger partial charge is 0.386 e. The monoisotopic (exact) mass is 436 g/mol. The Morgan fingerprint density at radius 1 is 1.10 bits per heavy atom. The highest BCUT2D eigenvalue weighted by Crippen LogP contribution is 2.23. The number of aliphatic imine (C=N–C) groups is 1. The lowest BCUT2D eigenvalue weighted by Crippen LogP contribution is -2.38. The molecule has 2 rings (SSSR count). The van der Waals surface area contributed by atoms with Gasteiger partial charge in [0, 0.05) is 35.7 Å². The molecule has 0 spiro atoms. The molecule has 0 saturated carbocycles. The van der Waals surface area contributed by atoms with E-state index in [1.54, 1.807) is 18.2 Å². The molecule has 0 aromatic heterocycles. The lowest BCUT2D eigenvalue weighted by Gasteiger charge is -2.14. The van der Waals surface area contributed by atoms with Crippen molar-refractivity contribution in [3.63, 3.8) is 0 Å². The second kappa shape index (κ2) is 11.7. The first-order valence-corrected chi connectivity index (χ1v) is 10.2. The van der Waals surface area contributed by atoms with Crippen molar-refractivity contribution in [2.24, 2.45) is 4.99 Å². The summed E-state index contributed by atoms with van der Waals surface area (Å²) in [6.07, 6.45) is -0.0139. The van der Waals surface area contributed by atoms with E-state index >= 15 is 0 Å². The van der Waals surface area contributed by atoms with E-state index in [0.717, 1.165) is 17.7 Å². The third-order valence-corrected chi connectivity index (χ3v) is 4.45. The minimum Gasteiger partial charge on any atom is -0.386 e. The minimum atomic E-state index is -0.803. The zero-order chi connectivity index (χ0) is 21.2. The normalized spacial score (nSPS) is 12.4. The van der Waals surface area contributed by atoms with Crippen molar-refractivity contribution in [3.8, 4) is 0 Å². The van der Waals surface area contributed by atoms with Crippen LogP contribution in [0.1, 0.15) is 31.1 Å². The molecule has 0 heterocycles. The van der Waals surface area contributed by atoms with Gasteiger partial charge >= 0.3 is 0 Å². The summed E-state index contributed by atoms with van der Waals surface area (Å²) in [5, 5.41) is 20.5. The number of guanidine groups is 1. The number of amides is 1. The SMILES string of the molecule is CCNC(=NCC(O)c1cc(Cl)cc(Cl)c1)NCCc1ccc(NC(C)=O)cc1. The highest BCUT2D eigenvalue weighted by Gasteiger charge is 2.10. The van der Waals surface area contributed by atoms with Crippen LogP contribution in [0.2, 0.25) is 10.0 Å². The van der Waals surface area contributed by atoms with Crippen LogP contribution in [-0.2, 0) is 11.2 Å². The number of hydrogen-bond acceptors (Lipinski definition) is 3. The zero-order valence-electron chi connectivity index (χ0n) is 16.5. The Morgan fingerprint density at radius 3 is 2.34 bits per heavy atom. The van der Waals surface area contributed by atoms with Crippen LogP contribution in [0, 0.1) is 0 Å². The van der Waals surface area contributed by atoms with Gasteiger partial charge in [-0.05, 0) is 54.8 Å². The molecule has 1 unspecified atom stereocenters. The van der Waals surface area contributed by atoms with Gasteiger partial charge in [-0.25, -0.2) is 0 Å². The van der Waals surface area contributed by atoms with Crippen LogP contribution in [0.3, 0.4) is 0 Å². The molecular weight excluding hydrogens is 411 g/mol. The lowest BCUT2D eigenvalue weighted by molar-refractivity contribution is -0.114. The van der Waals surface area contributed by atoms with Crippen molar-refractivity contribution >= 4 is 40.8 Å². The van der Waals surface area contributed by atoms with E-state index < -0.39 is 6.10 Å². The summed E-state index contributed by atoms with van der Waals surface area (Å²) < 4.78 is 0. The maximum atomic E-state index is 11.1. The van der Waals surface area contributed by atoms with Gasteiger partial charge < -0.3 is 21.1 Å². The number of carbonyl (C=O) groups is 1. The summed E-state index contributed by atoms with van der Waals surface area (Å²) in [7, 11) is 0. The van der Waals surface area contributed by atoms with Gasteiger partial charge in [0.1, 0.15) is 0 Å². The molecule has 4 N–H and O–H groups in total. The molecule has 0 aliphatic heterocycles. The van der Waals surface area contributed by atoms with Gasteiger partial charge in [-0.1, -0.05) is 35.3 Å². The Kier molecular flexibility index (Phi) is 9.25. The molecule has 0 aliphatic carbocycles. The van der Waals surface area contributed by atoms with E-state index in [2.05, 4.69) is 20.9 Å². The van der Waals surface area contributed by atoms with E-state index in [0.29, 0.717) is 34.7 Å². The van der Waals surface area contributed by atoms with E-state index in [4.69, 9.17) is 23.2 Å². The molecule has 2 aromatic carbocycles. The van der Waals surface area contributed by atoms with Crippen molar-refractivity contribution < 1.29 is 9.90 Å². The van der Waals surface area contributed by atoms with Crippen molar-refractivity contribution in [2.75, 3.05) is 25.0 Å². The van der Waals surface area contributed by atoms with Crippen LogP contribution in [0.5, 0.6) is 0 Å². The van der Waals surface area contributed by atoms with Gasteiger partial charge in [0.05, 0.1) is 12.6 Å². The number of hydrogen-bond donors (Lipinski definition) is 4. The first-order chi connectivity index (χ1) is 13.9. The average Bonchev–Trinajstić information content (AvgIpc) is 2.66. The second-order valence-electron chi connectivity index (χ2n) is 6.49. The number of anilines is 1. The Balaban J connectivity index is 1.89. The fourth-order valence-corrected chi connectivity index (χ4v) is 3.22. The maximum Gasteiger partial charge on any atom is 0.221 e. The third kappa shape index (κ3) is 8.31. The molecule has 156 valence electrons. The van der Waals surface area contributed by atoms with Gasteiger partial charge in [0.25, 0.3) is 0 Å². The second-order valence-corrected chi connectivity index (χ2v) is 7.37. The van der Waals surface area contributed by atoms with Crippen molar-refractivity contribution in [2.45, 2.75) is 26.4 Å². The molecule has 8 heteroatoms. The number of halogens is 2. The molecule has 0 fully saturated rings. The standard InChI is InChI=1S/C21H26Cl2N4O2/c1-3-24-21(26-13-20(29)16-10-17(22)12-18(23)11-16)25-9-8-15-4-6-19(7-5-15)27-14(2)28/h4-7,10-12,20,29H,3,8-9,13H2,1-2H3,(H,27,28)(H2,24,25,26). The summed E-state index contributed by atoms with van der Waals surface area (Å²) in [6.45, 7) is 5.01. The molecule has 2 aromatic rings.